The number of hydrogen-bond donors (Lipinski definition) is 1. The van der Waals surface area contributed by atoms with Crippen molar-refractivity contribution in [2.24, 2.45) is 0 Å². The third kappa shape index (κ3) is 4.47. The number of anilines is 2. The summed E-state index contributed by atoms with van der Waals surface area (Å²) in [5.74, 6) is 1.30. The Morgan fingerprint density at radius 2 is 2.11 bits per heavy atom. The Balaban J connectivity index is 1.60. The summed E-state index contributed by atoms with van der Waals surface area (Å²) < 4.78 is 11.7. The van der Waals surface area contributed by atoms with E-state index in [0.29, 0.717) is 37.0 Å². The highest BCUT2D eigenvalue weighted by atomic mass is 32.2. The number of pyridine rings is 1. The van der Waals surface area contributed by atoms with Gasteiger partial charge in [-0.05, 0) is 30.3 Å². The summed E-state index contributed by atoms with van der Waals surface area (Å²) in [4.78, 5) is 30.7. The van der Waals surface area contributed by atoms with Gasteiger partial charge in [0.2, 0.25) is 5.91 Å². The molecule has 1 aromatic rings. The molecule has 0 spiro atoms. The third-order valence-corrected chi connectivity index (χ3v) is 10.9. The van der Waals surface area contributed by atoms with Crippen molar-refractivity contribution >= 4 is 43.7 Å². The van der Waals surface area contributed by atoms with Gasteiger partial charge in [0.1, 0.15) is 17.7 Å². The minimum Gasteiger partial charge on any atom is -0.444 e. The molecule has 148 valence electrons. The van der Waals surface area contributed by atoms with Crippen LogP contribution in [0.15, 0.2) is 17.0 Å². The number of nitrogens with zero attached hydrogens (tertiary/aromatic N) is 2. The second kappa shape index (κ2) is 7.44. The first-order valence-electron chi connectivity index (χ1n) is 9.13. The molecule has 2 amide bonds. The molecule has 3 rings (SSSR count). The summed E-state index contributed by atoms with van der Waals surface area (Å²) in [5, 5.41) is 2.90. The lowest BCUT2D eigenvalue weighted by atomic mass is 10.2. The Morgan fingerprint density at radius 3 is 2.81 bits per heavy atom. The molecule has 27 heavy (non-hydrogen) atoms. The molecule has 2 aliphatic heterocycles. The molecule has 0 aromatic carbocycles. The van der Waals surface area contributed by atoms with Crippen molar-refractivity contribution in [3.8, 4) is 0 Å². The second-order valence-corrected chi connectivity index (χ2v) is 14.2. The SMILES string of the molecule is CC(C)(C)[Si](C)(C)OCC[C@H]1CN(c2ccc3c(n2)NC(=O)CS3)C(=O)O1. The zero-order chi connectivity index (χ0) is 19.8. The first-order valence-corrected chi connectivity index (χ1v) is 13.0. The highest BCUT2D eigenvalue weighted by Crippen LogP contribution is 2.37. The van der Waals surface area contributed by atoms with E-state index in [4.69, 9.17) is 9.16 Å². The quantitative estimate of drug-likeness (QED) is 0.744. The summed E-state index contributed by atoms with van der Waals surface area (Å²) in [6, 6.07) is 3.67. The number of aromatic nitrogens is 1. The molecular formula is C18H27N3O4SSi. The Bertz CT molecular complexity index is 751. The number of cyclic esters (lactones) is 1. The van der Waals surface area contributed by atoms with E-state index in [2.05, 4.69) is 44.2 Å². The van der Waals surface area contributed by atoms with Gasteiger partial charge in [0, 0.05) is 13.0 Å². The Labute approximate surface area is 165 Å². The van der Waals surface area contributed by atoms with Gasteiger partial charge in [0.25, 0.3) is 0 Å². The van der Waals surface area contributed by atoms with E-state index in [0.717, 1.165) is 4.90 Å². The van der Waals surface area contributed by atoms with Gasteiger partial charge in [-0.25, -0.2) is 9.78 Å². The topological polar surface area (TPSA) is 80.8 Å². The van der Waals surface area contributed by atoms with E-state index in [9.17, 15) is 9.59 Å². The van der Waals surface area contributed by atoms with Crippen LogP contribution in [-0.4, -0.2) is 50.3 Å². The first-order chi connectivity index (χ1) is 12.6. The minimum atomic E-state index is -1.81. The van der Waals surface area contributed by atoms with E-state index >= 15 is 0 Å². The van der Waals surface area contributed by atoms with Crippen LogP contribution in [0.4, 0.5) is 16.4 Å². The highest BCUT2D eigenvalue weighted by molar-refractivity contribution is 8.00. The van der Waals surface area contributed by atoms with Crippen molar-refractivity contribution < 1.29 is 18.8 Å². The van der Waals surface area contributed by atoms with Crippen molar-refractivity contribution in [3.63, 3.8) is 0 Å². The van der Waals surface area contributed by atoms with Gasteiger partial charge in [0.15, 0.2) is 8.32 Å². The highest BCUT2D eigenvalue weighted by Gasteiger charge is 2.38. The Morgan fingerprint density at radius 1 is 1.37 bits per heavy atom. The van der Waals surface area contributed by atoms with E-state index in [1.165, 1.54) is 16.7 Å². The monoisotopic (exact) mass is 409 g/mol. The lowest BCUT2D eigenvalue weighted by Gasteiger charge is -2.36. The Hall–Kier alpha value is -1.58. The molecule has 1 N–H and O–H groups in total. The number of rotatable bonds is 5. The fraction of sp³-hybridized carbons (Fsp3) is 0.611. The maximum atomic E-state index is 12.3. The maximum absolute atomic E-state index is 12.3. The number of amides is 2. The number of ether oxygens (including phenoxy) is 1. The molecule has 1 fully saturated rings. The lowest BCUT2D eigenvalue weighted by molar-refractivity contribution is -0.113. The molecule has 0 radical (unpaired) electrons. The average molecular weight is 410 g/mol. The fourth-order valence-electron chi connectivity index (χ4n) is 2.62. The number of carbonyl (C=O) groups excluding carboxylic acids is 2. The summed E-state index contributed by atoms with van der Waals surface area (Å²) in [7, 11) is -1.81. The predicted molar refractivity (Wildman–Crippen MR) is 109 cm³/mol. The second-order valence-electron chi connectivity index (χ2n) is 8.37. The van der Waals surface area contributed by atoms with Crippen LogP contribution in [0.2, 0.25) is 18.1 Å². The van der Waals surface area contributed by atoms with Gasteiger partial charge >= 0.3 is 6.09 Å². The van der Waals surface area contributed by atoms with Crippen LogP contribution in [-0.2, 0) is 14.0 Å². The molecule has 2 aliphatic rings. The molecule has 0 bridgehead atoms. The van der Waals surface area contributed by atoms with Gasteiger partial charge in [-0.1, -0.05) is 20.8 Å². The molecule has 0 saturated carbocycles. The standard InChI is InChI=1S/C18H27N3O4SSi/c1-18(2,3)27(4,5)24-9-8-12-10-21(17(23)25-12)14-7-6-13-16(19-14)20-15(22)11-26-13/h6-7,12H,8-11H2,1-5H3,(H,19,20,22)/t12-/m0/s1. The number of carbonyl (C=O) groups is 2. The van der Waals surface area contributed by atoms with Gasteiger partial charge < -0.3 is 14.5 Å². The van der Waals surface area contributed by atoms with Gasteiger partial charge in [-0.15, -0.1) is 11.8 Å². The van der Waals surface area contributed by atoms with Gasteiger partial charge in [-0.2, -0.15) is 0 Å². The van der Waals surface area contributed by atoms with Crippen LogP contribution in [0, 0.1) is 0 Å². The van der Waals surface area contributed by atoms with Crippen LogP contribution in [0.25, 0.3) is 0 Å². The lowest BCUT2D eigenvalue weighted by Crippen LogP contribution is -2.41. The van der Waals surface area contributed by atoms with Crippen LogP contribution >= 0.6 is 11.8 Å². The van der Waals surface area contributed by atoms with E-state index in [1.807, 2.05) is 6.07 Å². The summed E-state index contributed by atoms with van der Waals surface area (Å²) in [5.41, 5.74) is 0. The molecule has 1 atom stereocenters. The number of hydrogen-bond acceptors (Lipinski definition) is 6. The zero-order valence-electron chi connectivity index (χ0n) is 16.5. The van der Waals surface area contributed by atoms with Gasteiger partial charge in [0.05, 0.1) is 17.2 Å². The minimum absolute atomic E-state index is 0.0817. The van der Waals surface area contributed by atoms with Crippen LogP contribution in [0.3, 0.4) is 0 Å². The summed E-state index contributed by atoms with van der Waals surface area (Å²) in [6.07, 6.45) is 0.0327. The number of thioether (sulfide) groups is 1. The average Bonchev–Trinajstić information content (AvgIpc) is 2.93. The first kappa shape index (κ1) is 20.2. The molecule has 1 saturated heterocycles. The van der Waals surface area contributed by atoms with Crippen molar-refractivity contribution in [3.05, 3.63) is 12.1 Å². The number of fused-ring (bicyclic) bond motifs is 1. The molecule has 3 heterocycles. The summed E-state index contributed by atoms with van der Waals surface area (Å²) >= 11 is 1.44. The van der Waals surface area contributed by atoms with Crippen molar-refractivity contribution in [1.29, 1.82) is 0 Å². The molecule has 9 heteroatoms. The van der Waals surface area contributed by atoms with E-state index in [-0.39, 0.29) is 17.0 Å². The number of nitrogens with one attached hydrogen (secondary N) is 1. The predicted octanol–water partition coefficient (Wildman–Crippen LogP) is 3.86. The molecule has 1 aromatic heterocycles. The van der Waals surface area contributed by atoms with Crippen LogP contribution < -0.4 is 10.2 Å². The maximum Gasteiger partial charge on any atom is 0.415 e. The molecule has 0 unspecified atom stereocenters. The third-order valence-electron chi connectivity index (χ3n) is 5.32. The summed E-state index contributed by atoms with van der Waals surface area (Å²) in [6.45, 7) is 12.0. The Kier molecular flexibility index (Phi) is 5.56. The van der Waals surface area contributed by atoms with Crippen molar-refractivity contribution in [1.82, 2.24) is 4.98 Å². The van der Waals surface area contributed by atoms with Crippen molar-refractivity contribution in [2.45, 2.75) is 56.3 Å². The van der Waals surface area contributed by atoms with E-state index < -0.39 is 14.4 Å². The van der Waals surface area contributed by atoms with Crippen LogP contribution in [0.1, 0.15) is 27.2 Å². The van der Waals surface area contributed by atoms with Crippen LogP contribution in [0.5, 0.6) is 0 Å². The smallest absolute Gasteiger partial charge is 0.415 e. The molecule has 7 nitrogen and oxygen atoms in total. The van der Waals surface area contributed by atoms with Crippen molar-refractivity contribution in [2.75, 3.05) is 29.1 Å². The fourth-order valence-corrected chi connectivity index (χ4v) is 4.44. The van der Waals surface area contributed by atoms with E-state index in [1.54, 1.807) is 6.07 Å². The molecule has 0 aliphatic carbocycles. The largest absolute Gasteiger partial charge is 0.444 e. The van der Waals surface area contributed by atoms with Gasteiger partial charge in [-0.3, -0.25) is 9.69 Å². The zero-order valence-corrected chi connectivity index (χ0v) is 18.3. The normalized spacial score (nSPS) is 20.3. The molecular weight excluding hydrogens is 382 g/mol.